The summed E-state index contributed by atoms with van der Waals surface area (Å²) in [5.41, 5.74) is 1.13. The quantitative estimate of drug-likeness (QED) is 0.885. The lowest BCUT2D eigenvalue weighted by molar-refractivity contribution is -0.141. The minimum absolute atomic E-state index is 0.360. The second-order valence-electron chi connectivity index (χ2n) is 5.04. The van der Waals surface area contributed by atoms with Crippen LogP contribution in [0.1, 0.15) is 24.2 Å². The minimum Gasteiger partial charge on any atom is -0.481 e. The van der Waals surface area contributed by atoms with Crippen LogP contribution in [0.5, 0.6) is 0 Å². The average Bonchev–Trinajstić information content (AvgIpc) is 2.96. The van der Waals surface area contributed by atoms with Crippen LogP contribution in [0.25, 0.3) is 5.69 Å². The molecular formula is C15H16ClN3O3. The average molecular weight is 322 g/mol. The van der Waals surface area contributed by atoms with Gasteiger partial charge in [-0.1, -0.05) is 11.6 Å². The first-order chi connectivity index (χ1) is 10.4. The van der Waals surface area contributed by atoms with E-state index in [1.165, 1.54) is 6.20 Å². The van der Waals surface area contributed by atoms with Gasteiger partial charge in [-0.3, -0.25) is 9.59 Å². The molecule has 1 amide bonds. The van der Waals surface area contributed by atoms with Crippen LogP contribution in [-0.2, 0) is 4.79 Å². The SMILES string of the molecule is CC(NC(=O)c1cnn(-c2ccc(Cl)cc2)c1)C(C)C(=O)O. The number of carbonyl (C=O) groups excluding carboxylic acids is 1. The van der Waals surface area contributed by atoms with Gasteiger partial charge in [0.1, 0.15) is 0 Å². The third-order valence-corrected chi connectivity index (χ3v) is 3.69. The molecule has 0 aliphatic carbocycles. The van der Waals surface area contributed by atoms with Crippen molar-refractivity contribution in [2.24, 2.45) is 5.92 Å². The van der Waals surface area contributed by atoms with Crippen molar-refractivity contribution in [2.75, 3.05) is 0 Å². The summed E-state index contributed by atoms with van der Waals surface area (Å²) < 4.78 is 1.55. The molecule has 22 heavy (non-hydrogen) atoms. The molecular weight excluding hydrogens is 306 g/mol. The zero-order valence-electron chi connectivity index (χ0n) is 12.2. The number of nitrogens with zero attached hydrogens (tertiary/aromatic N) is 2. The Bertz CT molecular complexity index is 682. The molecule has 0 fully saturated rings. The fraction of sp³-hybridized carbons (Fsp3) is 0.267. The van der Waals surface area contributed by atoms with E-state index in [0.717, 1.165) is 5.69 Å². The van der Waals surface area contributed by atoms with Crippen LogP contribution in [-0.4, -0.2) is 32.8 Å². The van der Waals surface area contributed by atoms with Gasteiger partial charge in [0.2, 0.25) is 0 Å². The fourth-order valence-corrected chi connectivity index (χ4v) is 1.93. The van der Waals surface area contributed by atoms with Crippen molar-refractivity contribution in [3.05, 3.63) is 47.2 Å². The van der Waals surface area contributed by atoms with Crippen molar-refractivity contribution in [1.29, 1.82) is 0 Å². The van der Waals surface area contributed by atoms with Crippen LogP contribution >= 0.6 is 11.6 Å². The van der Waals surface area contributed by atoms with Crippen LogP contribution in [0.3, 0.4) is 0 Å². The van der Waals surface area contributed by atoms with Crippen molar-refractivity contribution < 1.29 is 14.7 Å². The summed E-state index contributed by atoms with van der Waals surface area (Å²) in [4.78, 5) is 23.0. The Morgan fingerprint density at radius 1 is 1.27 bits per heavy atom. The highest BCUT2D eigenvalue weighted by atomic mass is 35.5. The number of aromatic nitrogens is 2. The van der Waals surface area contributed by atoms with Crippen molar-refractivity contribution in [3.63, 3.8) is 0 Å². The Hall–Kier alpha value is -2.34. The van der Waals surface area contributed by atoms with E-state index >= 15 is 0 Å². The molecule has 2 rings (SSSR count). The van der Waals surface area contributed by atoms with E-state index in [2.05, 4.69) is 10.4 Å². The van der Waals surface area contributed by atoms with Gasteiger partial charge in [0.15, 0.2) is 0 Å². The Morgan fingerprint density at radius 3 is 2.50 bits per heavy atom. The highest BCUT2D eigenvalue weighted by Crippen LogP contribution is 2.13. The molecule has 0 aliphatic heterocycles. The second kappa shape index (κ2) is 6.62. The van der Waals surface area contributed by atoms with Crippen LogP contribution in [0, 0.1) is 5.92 Å². The molecule has 6 nitrogen and oxygen atoms in total. The van der Waals surface area contributed by atoms with Gasteiger partial charge in [-0.2, -0.15) is 5.10 Å². The fourth-order valence-electron chi connectivity index (χ4n) is 1.80. The van der Waals surface area contributed by atoms with Gasteiger partial charge in [-0.05, 0) is 38.1 Å². The van der Waals surface area contributed by atoms with Gasteiger partial charge in [-0.25, -0.2) is 4.68 Å². The zero-order valence-corrected chi connectivity index (χ0v) is 12.9. The van der Waals surface area contributed by atoms with Gasteiger partial charge >= 0.3 is 5.97 Å². The first-order valence-corrected chi connectivity index (χ1v) is 7.10. The number of carboxylic acid groups (broad SMARTS) is 1. The number of carboxylic acids is 1. The number of hydrogen-bond donors (Lipinski definition) is 2. The number of aliphatic carboxylic acids is 1. The smallest absolute Gasteiger partial charge is 0.308 e. The van der Waals surface area contributed by atoms with E-state index in [1.807, 2.05) is 0 Å². The maximum absolute atomic E-state index is 12.1. The summed E-state index contributed by atoms with van der Waals surface area (Å²) in [6.07, 6.45) is 3.01. The monoisotopic (exact) mass is 321 g/mol. The summed E-state index contributed by atoms with van der Waals surface area (Å²) in [5, 5.41) is 16.3. The molecule has 1 aromatic carbocycles. The molecule has 1 heterocycles. The molecule has 0 saturated carbocycles. The number of carbonyl (C=O) groups is 2. The topological polar surface area (TPSA) is 84.2 Å². The van der Waals surface area contributed by atoms with Crippen LogP contribution in [0.15, 0.2) is 36.7 Å². The molecule has 1 aromatic heterocycles. The normalized spacial score (nSPS) is 13.4. The molecule has 0 saturated heterocycles. The molecule has 0 radical (unpaired) electrons. The minimum atomic E-state index is -0.954. The lowest BCUT2D eigenvalue weighted by atomic mass is 10.0. The number of halogens is 1. The molecule has 0 aliphatic rings. The summed E-state index contributed by atoms with van der Waals surface area (Å²) in [5.74, 6) is -1.99. The Morgan fingerprint density at radius 2 is 1.91 bits per heavy atom. The van der Waals surface area contributed by atoms with E-state index in [0.29, 0.717) is 10.6 Å². The molecule has 7 heteroatoms. The highest BCUT2D eigenvalue weighted by molar-refractivity contribution is 6.30. The Balaban J connectivity index is 2.09. The molecule has 2 aromatic rings. The number of nitrogens with one attached hydrogen (secondary N) is 1. The zero-order chi connectivity index (χ0) is 16.3. The third-order valence-electron chi connectivity index (χ3n) is 3.43. The lowest BCUT2D eigenvalue weighted by Gasteiger charge is -2.17. The first kappa shape index (κ1) is 16.0. The summed E-state index contributed by atoms with van der Waals surface area (Å²) in [7, 11) is 0. The summed E-state index contributed by atoms with van der Waals surface area (Å²) >= 11 is 5.83. The van der Waals surface area contributed by atoms with Gasteiger partial charge in [0, 0.05) is 17.3 Å². The molecule has 2 N–H and O–H groups in total. The largest absolute Gasteiger partial charge is 0.481 e. The third kappa shape index (κ3) is 3.65. The van der Waals surface area contributed by atoms with Crippen molar-refractivity contribution >= 4 is 23.5 Å². The van der Waals surface area contributed by atoms with E-state index in [9.17, 15) is 9.59 Å². The van der Waals surface area contributed by atoms with E-state index in [4.69, 9.17) is 16.7 Å². The van der Waals surface area contributed by atoms with Crippen molar-refractivity contribution in [2.45, 2.75) is 19.9 Å². The number of amides is 1. The predicted octanol–water partition coefficient (Wildman–Crippen LogP) is 2.36. The summed E-state index contributed by atoms with van der Waals surface area (Å²) in [6, 6.07) is 6.55. The van der Waals surface area contributed by atoms with E-state index in [1.54, 1.807) is 49.0 Å². The van der Waals surface area contributed by atoms with Gasteiger partial charge in [0.05, 0.1) is 23.4 Å². The molecule has 0 spiro atoms. The standard InChI is InChI=1S/C15H16ClN3O3/c1-9(15(21)22)10(2)18-14(20)11-7-17-19(8-11)13-5-3-12(16)4-6-13/h3-10H,1-2H3,(H,18,20)(H,21,22). The predicted molar refractivity (Wildman–Crippen MR) is 82.3 cm³/mol. The van der Waals surface area contributed by atoms with Crippen molar-refractivity contribution in [1.82, 2.24) is 15.1 Å². The van der Waals surface area contributed by atoms with Crippen molar-refractivity contribution in [3.8, 4) is 5.69 Å². The van der Waals surface area contributed by atoms with Gasteiger partial charge in [-0.15, -0.1) is 0 Å². The second-order valence-corrected chi connectivity index (χ2v) is 5.48. The van der Waals surface area contributed by atoms with Crippen LogP contribution in [0.4, 0.5) is 0 Å². The highest BCUT2D eigenvalue weighted by Gasteiger charge is 2.22. The molecule has 0 bridgehead atoms. The van der Waals surface area contributed by atoms with Crippen LogP contribution < -0.4 is 5.32 Å². The molecule has 116 valence electrons. The summed E-state index contributed by atoms with van der Waals surface area (Å²) in [6.45, 7) is 3.20. The Labute approximate surface area is 132 Å². The maximum atomic E-state index is 12.1. The van der Waals surface area contributed by atoms with Gasteiger partial charge in [0.25, 0.3) is 5.91 Å². The number of hydrogen-bond acceptors (Lipinski definition) is 3. The van der Waals surface area contributed by atoms with E-state index < -0.39 is 17.9 Å². The number of rotatable bonds is 5. The molecule has 2 atom stereocenters. The van der Waals surface area contributed by atoms with Gasteiger partial charge < -0.3 is 10.4 Å². The van der Waals surface area contributed by atoms with E-state index in [-0.39, 0.29) is 5.91 Å². The number of benzene rings is 1. The lowest BCUT2D eigenvalue weighted by Crippen LogP contribution is -2.39. The Kier molecular flexibility index (Phi) is 4.82. The van der Waals surface area contributed by atoms with Crippen LogP contribution in [0.2, 0.25) is 5.02 Å². The molecule has 2 unspecified atom stereocenters. The first-order valence-electron chi connectivity index (χ1n) is 6.72. The maximum Gasteiger partial charge on any atom is 0.308 e.